The maximum Gasteiger partial charge on any atom is 0.432 e. The highest BCUT2D eigenvalue weighted by Gasteiger charge is 2.42. The Morgan fingerprint density at radius 2 is 1.86 bits per heavy atom. The zero-order valence-electron chi connectivity index (χ0n) is 18.6. The fraction of sp³-hybridized carbons (Fsp3) is 0.115. The number of pyridine rings is 1. The molecule has 5 aromatic rings. The minimum absolute atomic E-state index is 0.134. The number of alkyl halides is 3. The second-order valence-corrected chi connectivity index (χ2v) is 8.98. The lowest BCUT2D eigenvalue weighted by Crippen LogP contribution is -2.19. The predicted octanol–water partition coefficient (Wildman–Crippen LogP) is 7.60. The van der Waals surface area contributed by atoms with Crippen molar-refractivity contribution < 1.29 is 22.4 Å². The molecule has 0 radical (unpaired) electrons. The topological polar surface area (TPSA) is 60.9 Å². The number of hydrogen-bond acceptors (Lipinski definition) is 4. The molecule has 2 aromatic carbocycles. The van der Waals surface area contributed by atoms with Gasteiger partial charge in [0.15, 0.2) is 5.76 Å². The van der Waals surface area contributed by atoms with Crippen LogP contribution in [0.3, 0.4) is 0 Å². The number of nitrogens with zero attached hydrogens (tertiary/aromatic N) is 3. The molecular weight excluding hydrogens is 514 g/mol. The molecule has 0 spiro atoms. The number of carbonyl (C=O) groups excluding carboxylic acids is 1. The SMILES string of the molecule is Cc1ccc2c(c1)c(C(=O)c1ncc(-c3ccccn3)o1)c(C(F)(F)F)n2Cc1ccc(Cl)cc1Cl. The number of fused-ring (bicyclic) bond motifs is 1. The van der Waals surface area contributed by atoms with Crippen LogP contribution in [0.25, 0.3) is 22.4 Å². The summed E-state index contributed by atoms with van der Waals surface area (Å²) in [4.78, 5) is 21.6. The van der Waals surface area contributed by atoms with Crippen molar-refractivity contribution in [1.82, 2.24) is 14.5 Å². The average molecular weight is 530 g/mol. The van der Waals surface area contributed by atoms with E-state index in [1.54, 1.807) is 55.5 Å². The molecule has 0 saturated heterocycles. The van der Waals surface area contributed by atoms with Crippen LogP contribution in [0.1, 0.15) is 33.1 Å². The van der Waals surface area contributed by atoms with Crippen molar-refractivity contribution in [1.29, 1.82) is 0 Å². The summed E-state index contributed by atoms with van der Waals surface area (Å²) in [5.41, 5.74) is 0.0667. The van der Waals surface area contributed by atoms with E-state index in [9.17, 15) is 18.0 Å². The number of aromatic nitrogens is 3. The van der Waals surface area contributed by atoms with Gasteiger partial charge in [-0.1, -0.05) is 47.0 Å². The van der Waals surface area contributed by atoms with Gasteiger partial charge in [-0.3, -0.25) is 9.78 Å². The van der Waals surface area contributed by atoms with Crippen LogP contribution in [0.15, 0.2) is 71.4 Å². The monoisotopic (exact) mass is 529 g/mol. The van der Waals surface area contributed by atoms with E-state index in [4.69, 9.17) is 27.6 Å². The summed E-state index contributed by atoms with van der Waals surface area (Å²) in [6.45, 7) is 1.50. The number of aryl methyl sites for hydroxylation is 1. The molecular formula is C26H16Cl2F3N3O2. The molecule has 0 unspecified atom stereocenters. The lowest BCUT2D eigenvalue weighted by atomic mass is 10.0. The Kier molecular flexibility index (Phi) is 6.10. The van der Waals surface area contributed by atoms with Crippen LogP contribution in [-0.2, 0) is 12.7 Å². The maximum absolute atomic E-state index is 14.6. The van der Waals surface area contributed by atoms with Crippen molar-refractivity contribution in [3.05, 3.63) is 105 Å². The van der Waals surface area contributed by atoms with E-state index in [1.807, 2.05) is 0 Å². The molecule has 0 amide bonds. The zero-order valence-corrected chi connectivity index (χ0v) is 20.1. The quantitative estimate of drug-likeness (QED) is 0.220. The highest BCUT2D eigenvalue weighted by atomic mass is 35.5. The fourth-order valence-electron chi connectivity index (χ4n) is 4.09. The van der Waals surface area contributed by atoms with Crippen LogP contribution in [0.5, 0.6) is 0 Å². The zero-order chi connectivity index (χ0) is 25.6. The number of halogens is 5. The minimum Gasteiger partial charge on any atom is -0.432 e. The molecule has 5 rings (SSSR count). The molecule has 0 aliphatic heterocycles. The standard InChI is InChI=1S/C26H16Cl2F3N3O2/c1-14-5-8-20-17(10-14)22(23(35)25-33-12-21(36-25)19-4-2-3-9-32-19)24(26(29,30)31)34(20)13-15-6-7-16(27)11-18(15)28/h2-12H,13H2,1H3. The molecule has 36 heavy (non-hydrogen) atoms. The molecule has 3 heterocycles. The fourth-order valence-corrected chi connectivity index (χ4v) is 4.56. The maximum atomic E-state index is 14.6. The Morgan fingerprint density at radius 1 is 1.06 bits per heavy atom. The molecule has 0 aliphatic rings. The number of benzene rings is 2. The lowest BCUT2D eigenvalue weighted by Gasteiger charge is -2.15. The number of rotatable bonds is 5. The van der Waals surface area contributed by atoms with Gasteiger partial charge in [-0.15, -0.1) is 0 Å². The van der Waals surface area contributed by atoms with Crippen LogP contribution < -0.4 is 0 Å². The molecule has 0 aliphatic carbocycles. The van der Waals surface area contributed by atoms with Crippen LogP contribution >= 0.6 is 23.2 Å². The van der Waals surface area contributed by atoms with Crippen molar-refractivity contribution in [2.75, 3.05) is 0 Å². The summed E-state index contributed by atoms with van der Waals surface area (Å²) in [5.74, 6) is -1.28. The molecule has 0 saturated carbocycles. The molecule has 3 aromatic heterocycles. The third-order valence-electron chi connectivity index (χ3n) is 5.68. The Morgan fingerprint density at radius 3 is 2.56 bits per heavy atom. The number of oxazole rings is 1. The Bertz CT molecular complexity index is 1610. The molecule has 182 valence electrons. The normalized spacial score (nSPS) is 11.8. The van der Waals surface area contributed by atoms with Crippen molar-refractivity contribution in [3.8, 4) is 11.5 Å². The largest absolute Gasteiger partial charge is 0.432 e. The van der Waals surface area contributed by atoms with Gasteiger partial charge in [-0.25, -0.2) is 4.98 Å². The van der Waals surface area contributed by atoms with Gasteiger partial charge >= 0.3 is 6.18 Å². The second-order valence-electron chi connectivity index (χ2n) is 8.14. The van der Waals surface area contributed by atoms with Crippen LogP contribution in [-0.4, -0.2) is 20.3 Å². The molecule has 0 atom stereocenters. The third-order valence-corrected chi connectivity index (χ3v) is 6.26. The van der Waals surface area contributed by atoms with Gasteiger partial charge in [0.2, 0.25) is 0 Å². The van der Waals surface area contributed by atoms with E-state index in [0.717, 1.165) is 4.57 Å². The summed E-state index contributed by atoms with van der Waals surface area (Å²) in [7, 11) is 0. The number of hydrogen-bond donors (Lipinski definition) is 0. The summed E-state index contributed by atoms with van der Waals surface area (Å²) in [5, 5.41) is 0.705. The summed E-state index contributed by atoms with van der Waals surface area (Å²) < 4.78 is 50.3. The Hall–Kier alpha value is -3.62. The van der Waals surface area contributed by atoms with E-state index in [0.29, 0.717) is 21.8 Å². The van der Waals surface area contributed by atoms with Crippen LogP contribution in [0, 0.1) is 6.92 Å². The van der Waals surface area contributed by atoms with Gasteiger partial charge < -0.3 is 8.98 Å². The third kappa shape index (κ3) is 4.38. The van der Waals surface area contributed by atoms with E-state index < -0.39 is 29.1 Å². The molecule has 10 heteroatoms. The first-order chi connectivity index (χ1) is 17.1. The van der Waals surface area contributed by atoms with Crippen molar-refractivity contribution in [2.24, 2.45) is 0 Å². The number of ketones is 1. The highest BCUT2D eigenvalue weighted by molar-refractivity contribution is 6.35. The van der Waals surface area contributed by atoms with Gasteiger partial charge in [0.1, 0.15) is 11.4 Å². The summed E-state index contributed by atoms with van der Waals surface area (Å²) >= 11 is 12.2. The summed E-state index contributed by atoms with van der Waals surface area (Å²) in [6, 6.07) is 14.4. The minimum atomic E-state index is -4.87. The molecule has 5 nitrogen and oxygen atoms in total. The van der Waals surface area contributed by atoms with Gasteiger partial charge in [-0.05, 0) is 48.9 Å². The smallest absolute Gasteiger partial charge is 0.432 e. The lowest BCUT2D eigenvalue weighted by molar-refractivity contribution is -0.143. The molecule has 0 N–H and O–H groups in total. The van der Waals surface area contributed by atoms with E-state index in [-0.39, 0.29) is 28.2 Å². The predicted molar refractivity (Wildman–Crippen MR) is 130 cm³/mol. The van der Waals surface area contributed by atoms with E-state index >= 15 is 0 Å². The number of carbonyl (C=O) groups is 1. The van der Waals surface area contributed by atoms with Gasteiger partial charge in [0, 0.05) is 33.7 Å². The van der Waals surface area contributed by atoms with Crippen molar-refractivity contribution in [3.63, 3.8) is 0 Å². The first kappa shape index (κ1) is 24.1. The molecule has 0 fully saturated rings. The van der Waals surface area contributed by atoms with E-state index in [2.05, 4.69) is 9.97 Å². The molecule has 0 bridgehead atoms. The van der Waals surface area contributed by atoms with Crippen molar-refractivity contribution >= 4 is 39.9 Å². The van der Waals surface area contributed by atoms with Crippen molar-refractivity contribution in [2.45, 2.75) is 19.6 Å². The average Bonchev–Trinajstić information content (AvgIpc) is 3.44. The van der Waals surface area contributed by atoms with Crippen LogP contribution in [0.2, 0.25) is 10.0 Å². The summed E-state index contributed by atoms with van der Waals surface area (Å²) in [6.07, 6.45) is -2.08. The Balaban J connectivity index is 1.71. The van der Waals surface area contributed by atoms with Gasteiger partial charge in [0.25, 0.3) is 11.7 Å². The first-order valence-electron chi connectivity index (χ1n) is 10.7. The highest BCUT2D eigenvalue weighted by Crippen LogP contribution is 2.40. The Labute approximate surface area is 213 Å². The van der Waals surface area contributed by atoms with Crippen LogP contribution in [0.4, 0.5) is 13.2 Å². The van der Waals surface area contributed by atoms with Gasteiger partial charge in [-0.2, -0.15) is 13.2 Å². The van der Waals surface area contributed by atoms with E-state index in [1.165, 1.54) is 18.5 Å². The first-order valence-corrected chi connectivity index (χ1v) is 11.4. The van der Waals surface area contributed by atoms with Gasteiger partial charge in [0.05, 0.1) is 11.8 Å². The second kappa shape index (κ2) is 9.11.